The Hall–Kier alpha value is -2.05. The minimum Gasteiger partial charge on any atom is -0.493 e. The van der Waals surface area contributed by atoms with Crippen molar-refractivity contribution in [1.29, 1.82) is 0 Å². The Morgan fingerprint density at radius 2 is 1.77 bits per heavy atom. The van der Waals surface area contributed by atoms with E-state index in [-0.39, 0.29) is 17.1 Å². The number of esters is 1. The molecule has 0 radical (unpaired) electrons. The highest BCUT2D eigenvalue weighted by Gasteiger charge is 2.18. The van der Waals surface area contributed by atoms with Crippen LogP contribution < -0.4 is 9.47 Å². The van der Waals surface area contributed by atoms with Gasteiger partial charge in [-0.25, -0.2) is 9.59 Å². The minimum absolute atomic E-state index is 0.00927. The maximum Gasteiger partial charge on any atom is 0.343 e. The summed E-state index contributed by atoms with van der Waals surface area (Å²) in [5, 5.41) is 9.51. The Morgan fingerprint density at radius 3 is 2.32 bits per heavy atom. The molecule has 0 spiro atoms. The first kappa shape index (κ1) is 16.3. The summed E-state index contributed by atoms with van der Waals surface area (Å²) < 4.78 is 10.7. The normalized spacial score (nSPS) is 10.1. The second-order valence-electron chi connectivity index (χ2n) is 4.19. The molecule has 0 saturated heterocycles. The number of aromatic carboxylic acids is 1. The molecule has 0 bridgehead atoms. The van der Waals surface area contributed by atoms with Crippen LogP contribution in [0.1, 0.15) is 20.7 Å². The summed E-state index contributed by atoms with van der Waals surface area (Å²) in [4.78, 5) is 23.1. The van der Waals surface area contributed by atoms with Gasteiger partial charge >= 0.3 is 11.9 Å². The Bertz CT molecular complexity index is 727. The van der Waals surface area contributed by atoms with Gasteiger partial charge in [0, 0.05) is 5.02 Å². The predicted molar refractivity (Wildman–Crippen MR) is 84.1 cm³/mol. The molecule has 0 atom stereocenters. The quantitative estimate of drug-likeness (QED) is 0.635. The average Bonchev–Trinajstić information content (AvgIpc) is 2.49. The summed E-state index contributed by atoms with van der Waals surface area (Å²) in [5.74, 6) is -1.49. The number of carbonyl (C=O) groups excluding carboxylic acids is 1. The van der Waals surface area contributed by atoms with Crippen molar-refractivity contribution in [2.45, 2.75) is 0 Å². The van der Waals surface area contributed by atoms with E-state index in [0.717, 1.165) is 0 Å². The first-order valence-corrected chi connectivity index (χ1v) is 7.18. The maximum atomic E-state index is 12.1. The summed E-state index contributed by atoms with van der Waals surface area (Å²) in [6, 6.07) is 8.79. The molecule has 0 unspecified atom stereocenters. The number of hydrogen-bond acceptors (Lipinski definition) is 4. The SMILES string of the molecule is COc1cc(C(=O)O)cc(Br)c1OC(=O)c1ccc(Cl)cc1. The molecule has 0 aliphatic carbocycles. The Morgan fingerprint density at radius 1 is 1.14 bits per heavy atom. The van der Waals surface area contributed by atoms with Gasteiger partial charge in [0.2, 0.25) is 0 Å². The van der Waals surface area contributed by atoms with Crippen LogP contribution in [0.4, 0.5) is 0 Å². The van der Waals surface area contributed by atoms with E-state index in [1.54, 1.807) is 12.1 Å². The van der Waals surface area contributed by atoms with Gasteiger partial charge in [0.05, 0.1) is 22.7 Å². The molecular weight excluding hydrogens is 376 g/mol. The molecule has 0 saturated carbocycles. The molecule has 0 amide bonds. The van der Waals surface area contributed by atoms with Crippen molar-refractivity contribution in [1.82, 2.24) is 0 Å². The lowest BCUT2D eigenvalue weighted by Gasteiger charge is -2.12. The zero-order valence-electron chi connectivity index (χ0n) is 11.3. The number of carboxylic acids is 1. The smallest absolute Gasteiger partial charge is 0.343 e. The van der Waals surface area contributed by atoms with E-state index in [9.17, 15) is 9.59 Å². The molecule has 1 N–H and O–H groups in total. The van der Waals surface area contributed by atoms with Crippen LogP contribution in [0.25, 0.3) is 0 Å². The largest absolute Gasteiger partial charge is 0.493 e. The van der Waals surface area contributed by atoms with Crippen molar-refractivity contribution < 1.29 is 24.2 Å². The molecule has 2 aromatic rings. The maximum absolute atomic E-state index is 12.1. The molecule has 5 nitrogen and oxygen atoms in total. The lowest BCUT2D eigenvalue weighted by atomic mass is 10.2. The van der Waals surface area contributed by atoms with E-state index >= 15 is 0 Å². The second-order valence-corrected chi connectivity index (χ2v) is 5.48. The van der Waals surface area contributed by atoms with E-state index in [1.807, 2.05) is 0 Å². The number of ether oxygens (including phenoxy) is 2. The van der Waals surface area contributed by atoms with Gasteiger partial charge in [-0.3, -0.25) is 0 Å². The molecule has 0 aliphatic rings. The van der Waals surface area contributed by atoms with Crippen LogP contribution in [0, 0.1) is 0 Å². The van der Waals surface area contributed by atoms with Crippen molar-refractivity contribution in [2.24, 2.45) is 0 Å². The minimum atomic E-state index is -1.12. The third-order valence-electron chi connectivity index (χ3n) is 2.75. The van der Waals surface area contributed by atoms with Crippen molar-refractivity contribution in [3.8, 4) is 11.5 Å². The van der Waals surface area contributed by atoms with Crippen molar-refractivity contribution >= 4 is 39.5 Å². The molecule has 0 aromatic heterocycles. The highest BCUT2D eigenvalue weighted by atomic mass is 79.9. The fraction of sp³-hybridized carbons (Fsp3) is 0.0667. The first-order valence-electron chi connectivity index (χ1n) is 6.01. The van der Waals surface area contributed by atoms with Crippen molar-refractivity contribution in [2.75, 3.05) is 7.11 Å². The number of benzene rings is 2. The van der Waals surface area contributed by atoms with Gasteiger partial charge in [-0.2, -0.15) is 0 Å². The molecule has 22 heavy (non-hydrogen) atoms. The third kappa shape index (κ3) is 3.58. The van der Waals surface area contributed by atoms with Gasteiger partial charge in [-0.05, 0) is 52.3 Å². The van der Waals surface area contributed by atoms with Gasteiger partial charge in [-0.1, -0.05) is 11.6 Å². The van der Waals surface area contributed by atoms with E-state index < -0.39 is 11.9 Å². The third-order valence-corrected chi connectivity index (χ3v) is 3.59. The molecule has 2 rings (SSSR count). The number of carbonyl (C=O) groups is 2. The highest BCUT2D eigenvalue weighted by molar-refractivity contribution is 9.10. The standard InChI is InChI=1S/C15H10BrClO5/c1-21-12-7-9(14(18)19)6-11(16)13(12)22-15(20)8-2-4-10(17)5-3-8/h2-7H,1H3,(H,18,19). The lowest BCUT2D eigenvalue weighted by Crippen LogP contribution is -2.10. The number of halogens is 2. The van der Waals surface area contributed by atoms with E-state index in [2.05, 4.69) is 15.9 Å². The van der Waals surface area contributed by atoms with Crippen LogP contribution >= 0.6 is 27.5 Å². The van der Waals surface area contributed by atoms with Gasteiger partial charge in [0.1, 0.15) is 0 Å². The Kier molecular flexibility index (Phi) is 5.05. The molecule has 114 valence electrons. The molecule has 7 heteroatoms. The van der Waals surface area contributed by atoms with Crippen LogP contribution in [-0.4, -0.2) is 24.2 Å². The number of methoxy groups -OCH3 is 1. The number of hydrogen-bond donors (Lipinski definition) is 1. The second kappa shape index (κ2) is 6.81. The lowest BCUT2D eigenvalue weighted by molar-refractivity contribution is 0.0696. The van der Waals surface area contributed by atoms with Crippen LogP contribution in [-0.2, 0) is 0 Å². The summed E-state index contributed by atoms with van der Waals surface area (Å²) in [6.07, 6.45) is 0. The van der Waals surface area contributed by atoms with Crippen LogP contribution in [0.5, 0.6) is 11.5 Å². The van der Waals surface area contributed by atoms with E-state index in [1.165, 1.54) is 31.4 Å². The van der Waals surface area contributed by atoms with Crippen LogP contribution in [0.2, 0.25) is 5.02 Å². The van der Waals surface area contributed by atoms with E-state index in [4.69, 9.17) is 26.2 Å². The molecule has 0 fully saturated rings. The fourth-order valence-electron chi connectivity index (χ4n) is 1.68. The zero-order chi connectivity index (χ0) is 16.3. The van der Waals surface area contributed by atoms with Crippen molar-refractivity contribution in [3.63, 3.8) is 0 Å². The van der Waals surface area contributed by atoms with Gasteiger partial charge in [0.15, 0.2) is 11.5 Å². The Balaban J connectivity index is 2.34. The molecule has 2 aromatic carbocycles. The summed E-state index contributed by atoms with van der Waals surface area (Å²) in [7, 11) is 1.35. The monoisotopic (exact) mass is 384 g/mol. The number of rotatable bonds is 4. The van der Waals surface area contributed by atoms with Gasteiger partial charge in [-0.15, -0.1) is 0 Å². The highest BCUT2D eigenvalue weighted by Crippen LogP contribution is 2.37. The van der Waals surface area contributed by atoms with Crippen LogP contribution in [0.3, 0.4) is 0 Å². The topological polar surface area (TPSA) is 72.8 Å². The average molecular weight is 386 g/mol. The molecular formula is C15H10BrClO5. The zero-order valence-corrected chi connectivity index (χ0v) is 13.6. The first-order chi connectivity index (χ1) is 10.4. The molecule has 0 heterocycles. The Labute approximate surface area is 139 Å². The summed E-state index contributed by atoms with van der Waals surface area (Å²) in [5.41, 5.74) is 0.315. The van der Waals surface area contributed by atoms with Crippen LogP contribution in [0.15, 0.2) is 40.9 Å². The summed E-state index contributed by atoms with van der Waals surface area (Å²) >= 11 is 8.94. The van der Waals surface area contributed by atoms with Gasteiger partial charge in [0.25, 0.3) is 0 Å². The van der Waals surface area contributed by atoms with Gasteiger partial charge < -0.3 is 14.6 Å². The predicted octanol–water partition coefficient (Wildman–Crippen LogP) is 4.03. The fourth-order valence-corrected chi connectivity index (χ4v) is 2.33. The summed E-state index contributed by atoms with van der Waals surface area (Å²) in [6.45, 7) is 0. The van der Waals surface area contributed by atoms with Crippen molar-refractivity contribution in [3.05, 3.63) is 57.0 Å². The number of carboxylic acid groups (broad SMARTS) is 1. The molecule has 0 aliphatic heterocycles. The van der Waals surface area contributed by atoms with E-state index in [0.29, 0.717) is 15.1 Å².